The number of fused-ring (bicyclic) bond motifs is 2. The minimum absolute atomic E-state index is 0.124. The van der Waals surface area contributed by atoms with Gasteiger partial charge in [-0.3, -0.25) is 24.2 Å². The standard InChI is InChI=1S/C19H21N3O3/c20-17(23)16-9-12-5-1-2-6-13(12)10-21(16)11-22-18(24)14-7-3-4-8-15(14)19(22)25/h1-6,14-16H,7-11H2,(H2,20,23)/t14-,15+,16-/m1/s1. The van der Waals surface area contributed by atoms with Crippen molar-refractivity contribution in [1.29, 1.82) is 0 Å². The molecule has 0 aromatic heterocycles. The van der Waals surface area contributed by atoms with Crippen molar-refractivity contribution in [2.75, 3.05) is 6.67 Å². The van der Waals surface area contributed by atoms with Gasteiger partial charge >= 0.3 is 0 Å². The zero-order valence-electron chi connectivity index (χ0n) is 13.9. The van der Waals surface area contributed by atoms with Gasteiger partial charge in [0.25, 0.3) is 0 Å². The maximum atomic E-state index is 12.7. The summed E-state index contributed by atoms with van der Waals surface area (Å²) in [4.78, 5) is 40.5. The molecule has 1 fully saturated rings. The molecule has 1 aromatic rings. The lowest BCUT2D eigenvalue weighted by atomic mass is 9.85. The first-order valence-electron chi connectivity index (χ1n) is 8.66. The zero-order chi connectivity index (χ0) is 17.6. The lowest BCUT2D eigenvalue weighted by Crippen LogP contribution is -2.53. The van der Waals surface area contributed by atoms with Crippen LogP contribution in [-0.2, 0) is 27.3 Å². The number of hydrogen-bond donors (Lipinski definition) is 1. The number of likely N-dealkylation sites (tertiary alicyclic amines) is 1. The zero-order valence-corrected chi connectivity index (χ0v) is 13.9. The number of rotatable bonds is 3. The first-order valence-corrected chi connectivity index (χ1v) is 8.66. The van der Waals surface area contributed by atoms with Gasteiger partial charge in [0.1, 0.15) is 0 Å². The van der Waals surface area contributed by atoms with Crippen molar-refractivity contribution in [2.24, 2.45) is 17.6 Å². The largest absolute Gasteiger partial charge is 0.368 e. The molecular weight excluding hydrogens is 318 g/mol. The third-order valence-electron chi connectivity index (χ3n) is 5.60. The van der Waals surface area contributed by atoms with Crippen LogP contribution in [0.4, 0.5) is 0 Å². The van der Waals surface area contributed by atoms with Gasteiger partial charge in [-0.25, -0.2) is 0 Å². The van der Waals surface area contributed by atoms with Crippen LogP contribution in [0.2, 0.25) is 0 Å². The maximum Gasteiger partial charge on any atom is 0.235 e. The number of hydrogen-bond acceptors (Lipinski definition) is 4. The molecule has 6 nitrogen and oxygen atoms in total. The van der Waals surface area contributed by atoms with E-state index in [9.17, 15) is 14.4 Å². The van der Waals surface area contributed by atoms with E-state index in [1.807, 2.05) is 41.3 Å². The number of benzene rings is 1. The van der Waals surface area contributed by atoms with Crippen LogP contribution in [-0.4, -0.2) is 40.2 Å². The number of allylic oxidation sites excluding steroid dienone is 2. The molecule has 1 aliphatic carbocycles. The van der Waals surface area contributed by atoms with Crippen LogP contribution in [0.3, 0.4) is 0 Å². The topological polar surface area (TPSA) is 83.7 Å². The molecule has 1 saturated heterocycles. The summed E-state index contributed by atoms with van der Waals surface area (Å²) in [7, 11) is 0. The molecule has 3 aliphatic rings. The fourth-order valence-electron chi connectivity index (χ4n) is 4.20. The van der Waals surface area contributed by atoms with E-state index in [0.29, 0.717) is 25.8 Å². The number of carbonyl (C=O) groups is 3. The molecule has 130 valence electrons. The Morgan fingerprint density at radius 3 is 2.24 bits per heavy atom. The summed E-state index contributed by atoms with van der Waals surface area (Å²) in [5.41, 5.74) is 7.80. The Hall–Kier alpha value is -2.47. The fraction of sp³-hybridized carbons (Fsp3) is 0.421. The molecule has 3 amide bonds. The molecule has 0 radical (unpaired) electrons. The quantitative estimate of drug-likeness (QED) is 0.652. The van der Waals surface area contributed by atoms with Gasteiger partial charge in [-0.2, -0.15) is 0 Å². The van der Waals surface area contributed by atoms with Crippen molar-refractivity contribution in [3.63, 3.8) is 0 Å². The van der Waals surface area contributed by atoms with E-state index in [2.05, 4.69) is 0 Å². The van der Waals surface area contributed by atoms with Gasteiger partial charge in [0, 0.05) is 6.54 Å². The molecular formula is C19H21N3O3. The summed E-state index contributed by atoms with van der Waals surface area (Å²) in [6.07, 6.45) is 5.69. The van der Waals surface area contributed by atoms with Gasteiger partial charge in [0.15, 0.2) is 0 Å². The Morgan fingerprint density at radius 1 is 1.04 bits per heavy atom. The van der Waals surface area contributed by atoms with E-state index >= 15 is 0 Å². The highest BCUT2D eigenvalue weighted by molar-refractivity contribution is 6.05. The Morgan fingerprint density at radius 2 is 1.64 bits per heavy atom. The third-order valence-corrected chi connectivity index (χ3v) is 5.60. The summed E-state index contributed by atoms with van der Waals surface area (Å²) in [5.74, 6) is -1.17. The van der Waals surface area contributed by atoms with Crippen LogP contribution >= 0.6 is 0 Å². The lowest BCUT2D eigenvalue weighted by molar-refractivity contribution is -0.145. The van der Waals surface area contributed by atoms with Gasteiger partial charge in [0.05, 0.1) is 24.5 Å². The Balaban J connectivity index is 1.58. The van der Waals surface area contributed by atoms with Crippen molar-refractivity contribution in [3.05, 3.63) is 47.5 Å². The van der Waals surface area contributed by atoms with Gasteiger partial charge in [0.2, 0.25) is 17.7 Å². The SMILES string of the molecule is NC(=O)[C@H]1Cc2ccccc2CN1CN1C(=O)[C@H]2CC=CC[C@H]2C1=O. The number of nitrogens with zero attached hydrogens (tertiary/aromatic N) is 2. The normalized spacial score (nSPS) is 28.8. The molecule has 4 rings (SSSR count). The van der Waals surface area contributed by atoms with E-state index in [-0.39, 0.29) is 30.3 Å². The predicted molar refractivity (Wildman–Crippen MR) is 90.7 cm³/mol. The molecule has 0 bridgehead atoms. The van der Waals surface area contributed by atoms with E-state index in [1.165, 1.54) is 4.90 Å². The minimum Gasteiger partial charge on any atom is -0.368 e. The molecule has 2 heterocycles. The third kappa shape index (κ3) is 2.66. The first kappa shape index (κ1) is 16.0. The van der Waals surface area contributed by atoms with Gasteiger partial charge < -0.3 is 5.73 Å². The van der Waals surface area contributed by atoms with Gasteiger partial charge in [-0.15, -0.1) is 0 Å². The van der Waals surface area contributed by atoms with E-state index in [0.717, 1.165) is 11.1 Å². The molecule has 6 heteroatoms. The highest BCUT2D eigenvalue weighted by atomic mass is 16.2. The maximum absolute atomic E-state index is 12.7. The highest BCUT2D eigenvalue weighted by Gasteiger charge is 2.48. The van der Waals surface area contributed by atoms with Gasteiger partial charge in [-0.05, 0) is 30.4 Å². The second-order valence-corrected chi connectivity index (χ2v) is 7.04. The molecule has 2 aliphatic heterocycles. The van der Waals surface area contributed by atoms with E-state index in [1.54, 1.807) is 0 Å². The van der Waals surface area contributed by atoms with Crippen molar-refractivity contribution < 1.29 is 14.4 Å². The summed E-state index contributed by atoms with van der Waals surface area (Å²) < 4.78 is 0. The van der Waals surface area contributed by atoms with Crippen molar-refractivity contribution in [3.8, 4) is 0 Å². The molecule has 0 saturated carbocycles. The van der Waals surface area contributed by atoms with Crippen LogP contribution in [0.5, 0.6) is 0 Å². The monoisotopic (exact) mass is 339 g/mol. The van der Waals surface area contributed by atoms with Crippen molar-refractivity contribution in [1.82, 2.24) is 9.80 Å². The lowest BCUT2D eigenvalue weighted by Gasteiger charge is -2.36. The van der Waals surface area contributed by atoms with E-state index < -0.39 is 11.9 Å². The number of imide groups is 1. The van der Waals surface area contributed by atoms with Crippen molar-refractivity contribution >= 4 is 17.7 Å². The summed E-state index contributed by atoms with van der Waals surface area (Å²) >= 11 is 0. The highest BCUT2D eigenvalue weighted by Crippen LogP contribution is 2.35. The molecule has 0 spiro atoms. The van der Waals surface area contributed by atoms with Crippen LogP contribution in [0, 0.1) is 11.8 Å². The average Bonchev–Trinajstić information content (AvgIpc) is 2.86. The average molecular weight is 339 g/mol. The summed E-state index contributed by atoms with van der Waals surface area (Å²) in [5, 5.41) is 0. The summed E-state index contributed by atoms with van der Waals surface area (Å²) in [6.45, 7) is 0.640. The number of primary amides is 1. The molecule has 2 N–H and O–H groups in total. The molecule has 25 heavy (non-hydrogen) atoms. The molecule has 3 atom stereocenters. The number of nitrogens with two attached hydrogens (primary N) is 1. The van der Waals surface area contributed by atoms with Crippen molar-refractivity contribution in [2.45, 2.75) is 31.8 Å². The van der Waals surface area contributed by atoms with Gasteiger partial charge in [-0.1, -0.05) is 36.4 Å². The Kier molecular flexibility index (Phi) is 3.92. The van der Waals surface area contributed by atoms with Crippen LogP contribution in [0.15, 0.2) is 36.4 Å². The molecule has 1 aromatic carbocycles. The van der Waals surface area contributed by atoms with Crippen LogP contribution < -0.4 is 5.73 Å². The Bertz CT molecular complexity index is 747. The number of carbonyl (C=O) groups excluding carboxylic acids is 3. The summed E-state index contributed by atoms with van der Waals surface area (Å²) in [6, 6.07) is 7.40. The second kappa shape index (κ2) is 6.11. The minimum atomic E-state index is -0.503. The van der Waals surface area contributed by atoms with Crippen LogP contribution in [0.25, 0.3) is 0 Å². The van der Waals surface area contributed by atoms with Crippen LogP contribution in [0.1, 0.15) is 24.0 Å². The number of amides is 3. The smallest absolute Gasteiger partial charge is 0.235 e. The Labute approximate surface area is 146 Å². The van der Waals surface area contributed by atoms with E-state index in [4.69, 9.17) is 5.73 Å². The predicted octanol–water partition coefficient (Wildman–Crippen LogP) is 0.807. The first-order chi connectivity index (χ1) is 12.1. The fourth-order valence-corrected chi connectivity index (χ4v) is 4.20. The molecule has 0 unspecified atom stereocenters. The second-order valence-electron chi connectivity index (χ2n) is 7.04.